The molecule has 0 bridgehead atoms. The molecule has 0 atom stereocenters. The van der Waals surface area contributed by atoms with Gasteiger partial charge in [-0.15, -0.1) is 13.2 Å². The fraction of sp³-hybridized carbons (Fsp3) is 0.143. The quantitative estimate of drug-likeness (QED) is 0.845. The van der Waals surface area contributed by atoms with E-state index in [0.29, 0.717) is 5.56 Å². The van der Waals surface area contributed by atoms with Gasteiger partial charge in [-0.2, -0.15) is 0 Å². The molecule has 0 aliphatic carbocycles. The third-order valence-corrected chi connectivity index (χ3v) is 3.23. The number of para-hydroxylation sites is 2. The molecule has 2 rings (SSSR count). The minimum Gasteiger partial charge on any atom is -0.405 e. The highest BCUT2D eigenvalue weighted by molar-refractivity contribution is 9.10. The van der Waals surface area contributed by atoms with Crippen molar-refractivity contribution in [3.05, 3.63) is 58.6 Å². The van der Waals surface area contributed by atoms with Gasteiger partial charge in [-0.05, 0) is 34.1 Å². The Kier molecular flexibility index (Phi) is 4.54. The minimum atomic E-state index is -4.69. The average Bonchev–Trinajstić information content (AvgIpc) is 2.37. The molecule has 0 aromatic heterocycles. The number of nitrogens with one attached hydrogen (secondary N) is 1. The number of hydrogen-bond donors (Lipinski definition) is 1. The first kappa shape index (κ1) is 14.7. The zero-order chi connectivity index (χ0) is 14.6. The number of halogens is 4. The standard InChI is InChI=1S/C14H11BrF3NO/c15-11-6-2-3-7-12(11)19-9-10-5-1-4-8-13(10)20-14(16,17)18/h1-8,19H,9H2. The van der Waals surface area contributed by atoms with Crippen molar-refractivity contribution in [2.45, 2.75) is 12.9 Å². The molecule has 0 unspecified atom stereocenters. The molecular formula is C14H11BrF3NO. The first-order valence-electron chi connectivity index (χ1n) is 5.78. The summed E-state index contributed by atoms with van der Waals surface area (Å²) in [7, 11) is 0. The first-order chi connectivity index (χ1) is 9.46. The van der Waals surface area contributed by atoms with Crippen LogP contribution in [0, 0.1) is 0 Å². The van der Waals surface area contributed by atoms with Gasteiger partial charge in [0.05, 0.1) is 0 Å². The van der Waals surface area contributed by atoms with Crippen molar-refractivity contribution < 1.29 is 17.9 Å². The van der Waals surface area contributed by atoms with Gasteiger partial charge in [0.2, 0.25) is 0 Å². The van der Waals surface area contributed by atoms with Crippen molar-refractivity contribution in [2.24, 2.45) is 0 Å². The predicted octanol–water partition coefficient (Wildman–Crippen LogP) is 4.96. The van der Waals surface area contributed by atoms with Crippen LogP contribution in [0.25, 0.3) is 0 Å². The molecule has 0 amide bonds. The molecule has 2 nitrogen and oxygen atoms in total. The van der Waals surface area contributed by atoms with Crippen LogP contribution in [0.5, 0.6) is 5.75 Å². The maximum Gasteiger partial charge on any atom is 0.573 e. The van der Waals surface area contributed by atoms with Crippen molar-refractivity contribution in [3.63, 3.8) is 0 Å². The second kappa shape index (κ2) is 6.17. The maximum atomic E-state index is 12.3. The highest BCUT2D eigenvalue weighted by atomic mass is 79.9. The van der Waals surface area contributed by atoms with E-state index in [4.69, 9.17) is 0 Å². The molecule has 20 heavy (non-hydrogen) atoms. The molecule has 2 aromatic rings. The third kappa shape index (κ3) is 4.16. The molecular weight excluding hydrogens is 335 g/mol. The summed E-state index contributed by atoms with van der Waals surface area (Å²) in [6.45, 7) is 0.231. The summed E-state index contributed by atoms with van der Waals surface area (Å²) in [6.07, 6.45) is -4.69. The number of anilines is 1. The summed E-state index contributed by atoms with van der Waals surface area (Å²) in [5.41, 5.74) is 1.23. The minimum absolute atomic E-state index is 0.195. The Balaban J connectivity index is 2.12. The second-order valence-electron chi connectivity index (χ2n) is 3.99. The van der Waals surface area contributed by atoms with Gasteiger partial charge < -0.3 is 10.1 Å². The Morgan fingerprint density at radius 2 is 1.65 bits per heavy atom. The van der Waals surface area contributed by atoms with Gasteiger partial charge in [-0.3, -0.25) is 0 Å². The van der Waals surface area contributed by atoms with Gasteiger partial charge in [-0.1, -0.05) is 30.3 Å². The van der Waals surface area contributed by atoms with E-state index < -0.39 is 6.36 Å². The molecule has 0 aliphatic heterocycles. The van der Waals surface area contributed by atoms with Gasteiger partial charge >= 0.3 is 6.36 Å². The Hall–Kier alpha value is -1.69. The predicted molar refractivity (Wildman–Crippen MR) is 74.6 cm³/mol. The van der Waals surface area contributed by atoms with Gasteiger partial charge in [0.1, 0.15) is 5.75 Å². The van der Waals surface area contributed by atoms with Gasteiger partial charge in [0.25, 0.3) is 0 Å². The lowest BCUT2D eigenvalue weighted by Crippen LogP contribution is -2.18. The Bertz CT molecular complexity index is 587. The SMILES string of the molecule is FC(F)(F)Oc1ccccc1CNc1ccccc1Br. The molecule has 0 fully saturated rings. The van der Waals surface area contributed by atoms with Crippen LogP contribution in [0.4, 0.5) is 18.9 Å². The zero-order valence-electron chi connectivity index (χ0n) is 10.2. The van der Waals surface area contributed by atoms with E-state index in [1.807, 2.05) is 24.3 Å². The molecule has 2 aromatic carbocycles. The van der Waals surface area contributed by atoms with Crippen LogP contribution in [-0.4, -0.2) is 6.36 Å². The molecule has 1 N–H and O–H groups in total. The van der Waals surface area contributed by atoms with Gasteiger partial charge in [0.15, 0.2) is 0 Å². The number of hydrogen-bond acceptors (Lipinski definition) is 2. The Morgan fingerprint density at radius 3 is 2.35 bits per heavy atom. The summed E-state index contributed by atoms with van der Waals surface area (Å²) in [5.74, 6) is -0.195. The van der Waals surface area contributed by atoms with Crippen LogP contribution < -0.4 is 10.1 Å². The lowest BCUT2D eigenvalue weighted by Gasteiger charge is -2.14. The molecule has 106 valence electrons. The molecule has 0 saturated carbocycles. The monoisotopic (exact) mass is 345 g/mol. The third-order valence-electron chi connectivity index (χ3n) is 2.54. The number of rotatable bonds is 4. The van der Waals surface area contributed by atoms with Gasteiger partial charge in [0, 0.05) is 22.3 Å². The Morgan fingerprint density at radius 1 is 1.00 bits per heavy atom. The summed E-state index contributed by atoms with van der Waals surface area (Å²) >= 11 is 3.36. The topological polar surface area (TPSA) is 21.3 Å². The lowest BCUT2D eigenvalue weighted by molar-refractivity contribution is -0.274. The largest absolute Gasteiger partial charge is 0.573 e. The summed E-state index contributed by atoms with van der Waals surface area (Å²) in [6, 6.07) is 13.4. The highest BCUT2D eigenvalue weighted by Gasteiger charge is 2.31. The number of benzene rings is 2. The van der Waals surface area contributed by atoms with Crippen LogP contribution in [0.15, 0.2) is 53.0 Å². The van der Waals surface area contributed by atoms with E-state index in [-0.39, 0.29) is 12.3 Å². The van der Waals surface area contributed by atoms with Crippen LogP contribution in [0.2, 0.25) is 0 Å². The molecule has 0 radical (unpaired) electrons. The van der Waals surface area contributed by atoms with E-state index in [9.17, 15) is 13.2 Å². The lowest BCUT2D eigenvalue weighted by atomic mass is 10.2. The smallest absolute Gasteiger partial charge is 0.405 e. The molecule has 6 heteroatoms. The van der Waals surface area contributed by atoms with Crippen LogP contribution in [0.3, 0.4) is 0 Å². The fourth-order valence-electron chi connectivity index (χ4n) is 1.67. The highest BCUT2D eigenvalue weighted by Crippen LogP contribution is 2.28. The van der Waals surface area contributed by atoms with Crippen LogP contribution in [-0.2, 0) is 6.54 Å². The normalized spacial score (nSPS) is 11.2. The van der Waals surface area contributed by atoms with Crippen molar-refractivity contribution in [2.75, 3.05) is 5.32 Å². The molecule has 0 spiro atoms. The van der Waals surface area contributed by atoms with Crippen molar-refractivity contribution >= 4 is 21.6 Å². The maximum absolute atomic E-state index is 12.3. The van der Waals surface area contributed by atoms with E-state index >= 15 is 0 Å². The first-order valence-corrected chi connectivity index (χ1v) is 6.57. The van der Waals surface area contributed by atoms with Gasteiger partial charge in [-0.25, -0.2) is 0 Å². The summed E-state index contributed by atoms with van der Waals surface area (Å²) < 4.78 is 41.7. The average molecular weight is 346 g/mol. The molecule has 0 aliphatic rings. The Labute approximate surface area is 122 Å². The van der Waals surface area contributed by atoms with E-state index in [2.05, 4.69) is 26.0 Å². The van der Waals surface area contributed by atoms with E-state index in [1.54, 1.807) is 12.1 Å². The second-order valence-corrected chi connectivity index (χ2v) is 4.84. The number of ether oxygens (including phenoxy) is 1. The van der Waals surface area contributed by atoms with Crippen molar-refractivity contribution in [1.82, 2.24) is 0 Å². The van der Waals surface area contributed by atoms with Crippen LogP contribution in [0.1, 0.15) is 5.56 Å². The summed E-state index contributed by atoms with van der Waals surface area (Å²) in [5, 5.41) is 3.06. The van der Waals surface area contributed by atoms with Crippen molar-refractivity contribution in [1.29, 1.82) is 0 Å². The van der Waals surface area contributed by atoms with E-state index in [0.717, 1.165) is 10.2 Å². The van der Waals surface area contributed by atoms with E-state index in [1.165, 1.54) is 12.1 Å². The van der Waals surface area contributed by atoms with Crippen LogP contribution >= 0.6 is 15.9 Å². The van der Waals surface area contributed by atoms with Crippen molar-refractivity contribution in [3.8, 4) is 5.75 Å². The summed E-state index contributed by atoms with van der Waals surface area (Å²) in [4.78, 5) is 0. The fourth-order valence-corrected chi connectivity index (χ4v) is 2.09. The zero-order valence-corrected chi connectivity index (χ0v) is 11.8. The molecule has 0 heterocycles. The number of alkyl halides is 3. The molecule has 0 saturated heterocycles.